The molecule has 1 N–H and O–H groups in total. The first-order valence-corrected chi connectivity index (χ1v) is 6.09. The Balaban J connectivity index is 1.96. The van der Waals surface area contributed by atoms with Crippen molar-refractivity contribution in [2.45, 2.75) is 45.7 Å². The van der Waals surface area contributed by atoms with E-state index in [9.17, 15) is 0 Å². The van der Waals surface area contributed by atoms with Crippen LogP contribution in [-0.2, 0) is 6.54 Å². The minimum Gasteiger partial charge on any atom is -0.310 e. The summed E-state index contributed by atoms with van der Waals surface area (Å²) >= 11 is 0. The summed E-state index contributed by atoms with van der Waals surface area (Å²) in [6.07, 6.45) is 8.12. The summed E-state index contributed by atoms with van der Waals surface area (Å²) in [7, 11) is 0. The Hall–Kier alpha value is -0.830. The molecule has 1 aliphatic rings. The lowest BCUT2D eigenvalue weighted by Crippen LogP contribution is -2.19. The van der Waals surface area contributed by atoms with Crippen molar-refractivity contribution >= 4 is 0 Å². The molecule has 0 amide bonds. The zero-order valence-corrected chi connectivity index (χ0v) is 9.74. The minimum absolute atomic E-state index is 0.475. The minimum atomic E-state index is 0.475. The maximum atomic E-state index is 4.42. The van der Waals surface area contributed by atoms with Gasteiger partial charge in [-0.3, -0.25) is 4.68 Å². The van der Waals surface area contributed by atoms with Crippen molar-refractivity contribution in [1.29, 1.82) is 0 Å². The molecule has 1 atom stereocenters. The Morgan fingerprint density at radius 1 is 1.53 bits per heavy atom. The third-order valence-corrected chi connectivity index (χ3v) is 3.06. The number of nitrogens with one attached hydrogen (secondary N) is 1. The molecule has 1 unspecified atom stereocenters. The molecular weight excluding hydrogens is 186 g/mol. The van der Waals surface area contributed by atoms with Crippen LogP contribution in [0.1, 0.15) is 44.7 Å². The molecule has 2 rings (SSSR count). The van der Waals surface area contributed by atoms with Crippen molar-refractivity contribution in [3.63, 3.8) is 0 Å². The summed E-state index contributed by atoms with van der Waals surface area (Å²) < 4.78 is 2.10. The van der Waals surface area contributed by atoms with Crippen LogP contribution >= 0.6 is 0 Å². The molecule has 1 aliphatic carbocycles. The second-order valence-electron chi connectivity index (χ2n) is 4.46. The number of aromatic nitrogens is 2. The van der Waals surface area contributed by atoms with Gasteiger partial charge in [-0.15, -0.1) is 0 Å². The molecule has 1 aromatic heterocycles. The highest BCUT2D eigenvalue weighted by atomic mass is 15.3. The second kappa shape index (κ2) is 4.79. The SMILES string of the molecule is CCNC(CC)c1cnn(CC2CC2)c1. The molecule has 0 bridgehead atoms. The van der Waals surface area contributed by atoms with E-state index >= 15 is 0 Å². The molecule has 0 spiro atoms. The van der Waals surface area contributed by atoms with E-state index in [1.807, 2.05) is 6.20 Å². The highest BCUT2D eigenvalue weighted by Crippen LogP contribution is 2.30. The van der Waals surface area contributed by atoms with Crippen molar-refractivity contribution in [1.82, 2.24) is 15.1 Å². The van der Waals surface area contributed by atoms with Gasteiger partial charge in [0.1, 0.15) is 0 Å². The molecule has 1 fully saturated rings. The molecule has 0 aromatic carbocycles. The van der Waals surface area contributed by atoms with E-state index in [-0.39, 0.29) is 0 Å². The molecule has 1 heterocycles. The molecule has 0 saturated heterocycles. The normalized spacial score (nSPS) is 18.0. The smallest absolute Gasteiger partial charge is 0.0537 e. The fourth-order valence-corrected chi connectivity index (χ4v) is 1.97. The predicted octanol–water partition coefficient (Wildman–Crippen LogP) is 2.35. The maximum Gasteiger partial charge on any atom is 0.0537 e. The molecule has 0 radical (unpaired) electrons. The fourth-order valence-electron chi connectivity index (χ4n) is 1.97. The topological polar surface area (TPSA) is 29.9 Å². The summed E-state index contributed by atoms with van der Waals surface area (Å²) in [5.41, 5.74) is 1.33. The van der Waals surface area contributed by atoms with Gasteiger partial charge in [-0.25, -0.2) is 0 Å². The Labute approximate surface area is 91.9 Å². The quantitative estimate of drug-likeness (QED) is 0.776. The zero-order chi connectivity index (χ0) is 10.7. The molecule has 3 heteroatoms. The van der Waals surface area contributed by atoms with Crippen molar-refractivity contribution in [3.8, 4) is 0 Å². The summed E-state index contributed by atoms with van der Waals surface area (Å²) in [4.78, 5) is 0. The monoisotopic (exact) mass is 207 g/mol. The predicted molar refractivity (Wildman–Crippen MR) is 61.7 cm³/mol. The van der Waals surface area contributed by atoms with Gasteiger partial charge in [-0.05, 0) is 31.7 Å². The van der Waals surface area contributed by atoms with E-state index in [2.05, 4.69) is 35.1 Å². The van der Waals surface area contributed by atoms with Crippen LogP contribution in [0.4, 0.5) is 0 Å². The molecular formula is C12H21N3. The number of hydrogen-bond acceptors (Lipinski definition) is 2. The third kappa shape index (κ3) is 2.81. The molecule has 1 saturated carbocycles. The van der Waals surface area contributed by atoms with Gasteiger partial charge in [0.05, 0.1) is 6.20 Å². The Bertz CT molecular complexity index is 302. The zero-order valence-electron chi connectivity index (χ0n) is 9.74. The van der Waals surface area contributed by atoms with Crippen molar-refractivity contribution < 1.29 is 0 Å². The van der Waals surface area contributed by atoms with Gasteiger partial charge in [0.25, 0.3) is 0 Å². The van der Waals surface area contributed by atoms with Gasteiger partial charge in [-0.2, -0.15) is 5.10 Å². The average molecular weight is 207 g/mol. The van der Waals surface area contributed by atoms with Crippen molar-refractivity contribution in [2.75, 3.05) is 6.54 Å². The van der Waals surface area contributed by atoms with Crippen LogP contribution in [0, 0.1) is 5.92 Å². The van der Waals surface area contributed by atoms with Gasteiger partial charge in [0.2, 0.25) is 0 Å². The van der Waals surface area contributed by atoms with Gasteiger partial charge >= 0.3 is 0 Å². The standard InChI is InChI=1S/C12H21N3/c1-3-12(13-4-2)11-7-14-15(9-11)8-10-5-6-10/h7,9-10,12-13H,3-6,8H2,1-2H3. The second-order valence-corrected chi connectivity index (χ2v) is 4.46. The molecule has 3 nitrogen and oxygen atoms in total. The van der Waals surface area contributed by atoms with Crippen LogP contribution in [0.5, 0.6) is 0 Å². The van der Waals surface area contributed by atoms with Crippen LogP contribution < -0.4 is 5.32 Å². The first kappa shape index (κ1) is 10.7. The lowest BCUT2D eigenvalue weighted by molar-refractivity contribution is 0.532. The maximum absolute atomic E-state index is 4.42. The lowest BCUT2D eigenvalue weighted by Gasteiger charge is -2.13. The Kier molecular flexibility index (Phi) is 3.41. The van der Waals surface area contributed by atoms with Gasteiger partial charge in [0.15, 0.2) is 0 Å². The third-order valence-electron chi connectivity index (χ3n) is 3.06. The van der Waals surface area contributed by atoms with Crippen LogP contribution in [0.2, 0.25) is 0 Å². The lowest BCUT2D eigenvalue weighted by atomic mass is 10.1. The van der Waals surface area contributed by atoms with E-state index < -0.39 is 0 Å². The largest absolute Gasteiger partial charge is 0.310 e. The van der Waals surface area contributed by atoms with E-state index in [1.54, 1.807) is 0 Å². The van der Waals surface area contributed by atoms with Gasteiger partial charge in [0, 0.05) is 24.3 Å². The summed E-state index contributed by atoms with van der Waals surface area (Å²) in [6.45, 7) is 6.50. The van der Waals surface area contributed by atoms with E-state index in [4.69, 9.17) is 0 Å². The Morgan fingerprint density at radius 3 is 2.93 bits per heavy atom. The van der Waals surface area contributed by atoms with Crippen LogP contribution in [0.25, 0.3) is 0 Å². The Morgan fingerprint density at radius 2 is 2.33 bits per heavy atom. The molecule has 84 valence electrons. The molecule has 1 aromatic rings. The van der Waals surface area contributed by atoms with E-state index in [0.29, 0.717) is 6.04 Å². The molecule has 15 heavy (non-hydrogen) atoms. The van der Waals surface area contributed by atoms with E-state index in [1.165, 1.54) is 18.4 Å². The summed E-state index contributed by atoms with van der Waals surface area (Å²) in [6, 6.07) is 0.475. The highest BCUT2D eigenvalue weighted by molar-refractivity contribution is 5.10. The number of nitrogens with zero attached hydrogens (tertiary/aromatic N) is 2. The highest BCUT2D eigenvalue weighted by Gasteiger charge is 2.22. The summed E-state index contributed by atoms with van der Waals surface area (Å²) in [5, 5.41) is 7.90. The van der Waals surface area contributed by atoms with Crippen LogP contribution in [0.3, 0.4) is 0 Å². The van der Waals surface area contributed by atoms with Crippen molar-refractivity contribution in [3.05, 3.63) is 18.0 Å². The first-order chi connectivity index (χ1) is 7.33. The van der Waals surface area contributed by atoms with E-state index in [0.717, 1.165) is 25.4 Å². The van der Waals surface area contributed by atoms with Gasteiger partial charge < -0.3 is 5.32 Å². The number of hydrogen-bond donors (Lipinski definition) is 1. The van der Waals surface area contributed by atoms with Crippen LogP contribution in [-0.4, -0.2) is 16.3 Å². The number of rotatable bonds is 6. The summed E-state index contributed by atoms with van der Waals surface area (Å²) in [5.74, 6) is 0.900. The first-order valence-electron chi connectivity index (χ1n) is 6.09. The fraction of sp³-hybridized carbons (Fsp3) is 0.750. The average Bonchev–Trinajstić information content (AvgIpc) is 2.92. The van der Waals surface area contributed by atoms with Gasteiger partial charge in [-0.1, -0.05) is 13.8 Å². The van der Waals surface area contributed by atoms with Crippen LogP contribution in [0.15, 0.2) is 12.4 Å². The molecule has 0 aliphatic heterocycles. The van der Waals surface area contributed by atoms with Crippen molar-refractivity contribution in [2.24, 2.45) is 5.92 Å².